The number of methoxy groups -OCH3 is 1. The van der Waals surface area contributed by atoms with Crippen LogP contribution in [0.4, 0.5) is 0 Å². The van der Waals surface area contributed by atoms with Gasteiger partial charge < -0.3 is 14.8 Å². The molecule has 0 aliphatic heterocycles. The summed E-state index contributed by atoms with van der Waals surface area (Å²) >= 11 is 0. The van der Waals surface area contributed by atoms with E-state index in [0.29, 0.717) is 6.04 Å². The number of hydrogen-bond acceptors (Lipinski definition) is 3. The zero-order chi connectivity index (χ0) is 15.2. The van der Waals surface area contributed by atoms with Crippen LogP contribution in [0.2, 0.25) is 0 Å². The van der Waals surface area contributed by atoms with E-state index in [2.05, 4.69) is 24.4 Å². The summed E-state index contributed by atoms with van der Waals surface area (Å²) in [6.45, 7) is 7.25. The molecule has 1 aliphatic carbocycles. The van der Waals surface area contributed by atoms with E-state index in [1.807, 2.05) is 19.9 Å². The Morgan fingerprint density at radius 2 is 1.86 bits per heavy atom. The van der Waals surface area contributed by atoms with Crippen molar-refractivity contribution in [1.82, 2.24) is 5.32 Å². The molecule has 0 unspecified atom stereocenters. The Balaban J connectivity index is 1.93. The van der Waals surface area contributed by atoms with Crippen molar-refractivity contribution in [1.29, 1.82) is 0 Å². The summed E-state index contributed by atoms with van der Waals surface area (Å²) < 4.78 is 11.2. The van der Waals surface area contributed by atoms with Crippen molar-refractivity contribution >= 4 is 0 Å². The van der Waals surface area contributed by atoms with Gasteiger partial charge in [-0.3, -0.25) is 0 Å². The van der Waals surface area contributed by atoms with Gasteiger partial charge in [-0.1, -0.05) is 18.9 Å². The molecule has 118 valence electrons. The maximum absolute atomic E-state index is 5.75. The minimum Gasteiger partial charge on any atom is -0.493 e. The van der Waals surface area contributed by atoms with E-state index in [1.165, 1.54) is 31.2 Å². The number of benzene rings is 1. The smallest absolute Gasteiger partial charge is 0.161 e. The first-order valence-electron chi connectivity index (χ1n) is 8.17. The molecule has 0 heterocycles. The largest absolute Gasteiger partial charge is 0.493 e. The van der Waals surface area contributed by atoms with Gasteiger partial charge in [0, 0.05) is 12.6 Å². The predicted molar refractivity (Wildman–Crippen MR) is 87.0 cm³/mol. The molecular weight excluding hydrogens is 262 g/mol. The predicted octanol–water partition coefficient (Wildman–Crippen LogP) is 4.15. The summed E-state index contributed by atoms with van der Waals surface area (Å²) in [6.07, 6.45) is 5.69. The molecule has 0 bridgehead atoms. The van der Waals surface area contributed by atoms with Crippen LogP contribution in [-0.2, 0) is 6.54 Å². The van der Waals surface area contributed by atoms with Crippen LogP contribution in [0.5, 0.6) is 11.5 Å². The van der Waals surface area contributed by atoms with Crippen molar-refractivity contribution in [2.24, 2.45) is 5.92 Å². The Bertz CT molecular complexity index is 439. The summed E-state index contributed by atoms with van der Waals surface area (Å²) in [7, 11) is 1.70. The van der Waals surface area contributed by atoms with E-state index in [-0.39, 0.29) is 6.10 Å². The maximum atomic E-state index is 5.75. The summed E-state index contributed by atoms with van der Waals surface area (Å²) in [4.78, 5) is 0. The SMILES string of the molecule is COc1cc(CN[C@H](C)C2CCCC2)ccc1OC(C)C. The second-order valence-electron chi connectivity index (χ2n) is 6.37. The van der Waals surface area contributed by atoms with Crippen molar-refractivity contribution in [3.05, 3.63) is 23.8 Å². The second-order valence-corrected chi connectivity index (χ2v) is 6.37. The lowest BCUT2D eigenvalue weighted by Crippen LogP contribution is -2.31. The van der Waals surface area contributed by atoms with Gasteiger partial charge in [-0.05, 0) is 57.2 Å². The van der Waals surface area contributed by atoms with Crippen LogP contribution in [0.1, 0.15) is 52.0 Å². The quantitative estimate of drug-likeness (QED) is 0.818. The summed E-state index contributed by atoms with van der Waals surface area (Å²) in [5.41, 5.74) is 1.24. The number of rotatable bonds is 7. The van der Waals surface area contributed by atoms with E-state index in [1.54, 1.807) is 7.11 Å². The summed E-state index contributed by atoms with van der Waals surface area (Å²) in [6, 6.07) is 6.79. The third-order valence-corrected chi connectivity index (χ3v) is 4.33. The van der Waals surface area contributed by atoms with Gasteiger partial charge in [0.15, 0.2) is 11.5 Å². The molecule has 1 aromatic rings. The van der Waals surface area contributed by atoms with Gasteiger partial charge in [0.1, 0.15) is 0 Å². The van der Waals surface area contributed by atoms with Crippen LogP contribution < -0.4 is 14.8 Å². The maximum Gasteiger partial charge on any atom is 0.161 e. The van der Waals surface area contributed by atoms with Crippen molar-refractivity contribution in [3.63, 3.8) is 0 Å². The van der Waals surface area contributed by atoms with E-state index in [9.17, 15) is 0 Å². The highest BCUT2D eigenvalue weighted by molar-refractivity contribution is 5.43. The van der Waals surface area contributed by atoms with Crippen molar-refractivity contribution in [2.45, 2.75) is 65.1 Å². The van der Waals surface area contributed by atoms with E-state index >= 15 is 0 Å². The Morgan fingerprint density at radius 3 is 2.48 bits per heavy atom. The average Bonchev–Trinajstić information content (AvgIpc) is 2.99. The minimum absolute atomic E-state index is 0.158. The molecule has 1 N–H and O–H groups in total. The number of hydrogen-bond donors (Lipinski definition) is 1. The molecule has 0 spiro atoms. The van der Waals surface area contributed by atoms with E-state index in [0.717, 1.165) is 24.0 Å². The van der Waals surface area contributed by atoms with Crippen LogP contribution in [-0.4, -0.2) is 19.3 Å². The van der Waals surface area contributed by atoms with Crippen molar-refractivity contribution in [2.75, 3.05) is 7.11 Å². The highest BCUT2D eigenvalue weighted by Gasteiger charge is 2.21. The lowest BCUT2D eigenvalue weighted by molar-refractivity contribution is 0.230. The molecule has 0 aromatic heterocycles. The first-order valence-corrected chi connectivity index (χ1v) is 8.17. The zero-order valence-electron chi connectivity index (χ0n) is 13.8. The third-order valence-electron chi connectivity index (χ3n) is 4.33. The zero-order valence-corrected chi connectivity index (χ0v) is 13.8. The fourth-order valence-corrected chi connectivity index (χ4v) is 3.08. The molecule has 0 saturated heterocycles. The molecule has 1 atom stereocenters. The molecule has 21 heavy (non-hydrogen) atoms. The Labute approximate surface area is 129 Å². The van der Waals surface area contributed by atoms with Gasteiger partial charge in [0.25, 0.3) is 0 Å². The third kappa shape index (κ3) is 4.63. The first-order chi connectivity index (χ1) is 10.1. The van der Waals surface area contributed by atoms with Crippen LogP contribution >= 0.6 is 0 Å². The fraction of sp³-hybridized carbons (Fsp3) is 0.667. The average molecular weight is 291 g/mol. The molecule has 3 heteroatoms. The Morgan fingerprint density at radius 1 is 1.14 bits per heavy atom. The molecular formula is C18H29NO2. The van der Waals surface area contributed by atoms with Crippen LogP contribution in [0.15, 0.2) is 18.2 Å². The van der Waals surface area contributed by atoms with Gasteiger partial charge in [0.2, 0.25) is 0 Å². The topological polar surface area (TPSA) is 30.5 Å². The van der Waals surface area contributed by atoms with E-state index < -0.39 is 0 Å². The standard InChI is InChI=1S/C18H29NO2/c1-13(2)21-17-10-9-15(11-18(17)20-4)12-19-14(3)16-7-5-6-8-16/h9-11,13-14,16,19H,5-8,12H2,1-4H3/t14-/m1/s1. The number of nitrogens with one attached hydrogen (secondary N) is 1. The van der Waals surface area contributed by atoms with Crippen LogP contribution in [0, 0.1) is 5.92 Å². The molecule has 0 radical (unpaired) electrons. The molecule has 3 nitrogen and oxygen atoms in total. The highest BCUT2D eigenvalue weighted by atomic mass is 16.5. The molecule has 1 aromatic carbocycles. The molecule has 1 saturated carbocycles. The van der Waals surface area contributed by atoms with Crippen molar-refractivity contribution in [3.8, 4) is 11.5 Å². The Kier molecular flexibility index (Phi) is 5.92. The van der Waals surface area contributed by atoms with Crippen LogP contribution in [0.3, 0.4) is 0 Å². The lowest BCUT2D eigenvalue weighted by Gasteiger charge is -2.21. The minimum atomic E-state index is 0.158. The fourth-order valence-electron chi connectivity index (χ4n) is 3.08. The first kappa shape index (κ1) is 16.2. The molecule has 1 fully saturated rings. The van der Waals surface area contributed by atoms with Gasteiger partial charge in [-0.25, -0.2) is 0 Å². The monoisotopic (exact) mass is 291 g/mol. The normalized spacial score (nSPS) is 17.2. The van der Waals surface area contributed by atoms with Gasteiger partial charge in [-0.2, -0.15) is 0 Å². The number of ether oxygens (including phenoxy) is 2. The summed E-state index contributed by atoms with van der Waals surface area (Å²) in [5, 5.41) is 3.66. The van der Waals surface area contributed by atoms with E-state index in [4.69, 9.17) is 9.47 Å². The van der Waals surface area contributed by atoms with Gasteiger partial charge in [-0.15, -0.1) is 0 Å². The molecule has 0 amide bonds. The molecule has 2 rings (SSSR count). The highest BCUT2D eigenvalue weighted by Crippen LogP contribution is 2.30. The van der Waals surface area contributed by atoms with Gasteiger partial charge >= 0.3 is 0 Å². The Hall–Kier alpha value is -1.22. The molecule has 1 aliphatic rings. The van der Waals surface area contributed by atoms with Crippen molar-refractivity contribution < 1.29 is 9.47 Å². The van der Waals surface area contributed by atoms with Crippen LogP contribution in [0.25, 0.3) is 0 Å². The summed E-state index contributed by atoms with van der Waals surface area (Å²) in [5.74, 6) is 2.48. The second kappa shape index (κ2) is 7.69. The lowest BCUT2D eigenvalue weighted by atomic mass is 9.99. The van der Waals surface area contributed by atoms with Gasteiger partial charge in [0.05, 0.1) is 13.2 Å².